The first kappa shape index (κ1) is 13.4. The predicted octanol–water partition coefficient (Wildman–Crippen LogP) is 3.99. The third-order valence-corrected chi connectivity index (χ3v) is 3.25. The standard InChI is InChI=1S/C15H12ClFN2/c1-19(10-12-4-2-3-5-14(12)16)13-7-6-11(9-18)15(17)8-13/h2-8H,10H2,1H3. The second kappa shape index (κ2) is 5.73. The lowest BCUT2D eigenvalue weighted by Crippen LogP contribution is -2.16. The number of hydrogen-bond donors (Lipinski definition) is 0. The van der Waals surface area contributed by atoms with Crippen molar-refractivity contribution < 1.29 is 4.39 Å². The summed E-state index contributed by atoms with van der Waals surface area (Å²) < 4.78 is 13.6. The van der Waals surface area contributed by atoms with E-state index in [1.165, 1.54) is 12.1 Å². The van der Waals surface area contributed by atoms with E-state index in [2.05, 4.69) is 0 Å². The molecule has 0 saturated carbocycles. The molecule has 0 unspecified atom stereocenters. The Bertz CT molecular complexity index is 634. The minimum Gasteiger partial charge on any atom is -0.370 e. The highest BCUT2D eigenvalue weighted by atomic mass is 35.5. The maximum Gasteiger partial charge on any atom is 0.143 e. The number of anilines is 1. The molecule has 0 heterocycles. The average molecular weight is 275 g/mol. The van der Waals surface area contributed by atoms with Crippen molar-refractivity contribution in [3.8, 4) is 6.07 Å². The molecule has 0 bridgehead atoms. The van der Waals surface area contributed by atoms with Gasteiger partial charge in [0, 0.05) is 24.3 Å². The largest absolute Gasteiger partial charge is 0.370 e. The second-order valence-electron chi connectivity index (χ2n) is 4.22. The molecule has 0 aromatic heterocycles. The smallest absolute Gasteiger partial charge is 0.143 e. The van der Waals surface area contributed by atoms with Crippen molar-refractivity contribution in [3.63, 3.8) is 0 Å². The number of nitriles is 1. The topological polar surface area (TPSA) is 27.0 Å². The highest BCUT2D eigenvalue weighted by Gasteiger charge is 2.08. The van der Waals surface area contributed by atoms with Crippen LogP contribution < -0.4 is 4.90 Å². The molecular weight excluding hydrogens is 263 g/mol. The van der Waals surface area contributed by atoms with Gasteiger partial charge in [0.15, 0.2) is 0 Å². The lowest BCUT2D eigenvalue weighted by molar-refractivity contribution is 0.623. The van der Waals surface area contributed by atoms with E-state index in [-0.39, 0.29) is 5.56 Å². The summed E-state index contributed by atoms with van der Waals surface area (Å²) in [5, 5.41) is 9.38. The van der Waals surface area contributed by atoms with Crippen LogP contribution in [0.5, 0.6) is 0 Å². The SMILES string of the molecule is CN(Cc1ccccc1Cl)c1ccc(C#N)c(F)c1. The zero-order chi connectivity index (χ0) is 13.8. The molecule has 0 radical (unpaired) electrons. The Morgan fingerprint density at radius 2 is 2.00 bits per heavy atom. The van der Waals surface area contributed by atoms with Gasteiger partial charge in [0.05, 0.1) is 5.56 Å². The summed E-state index contributed by atoms with van der Waals surface area (Å²) >= 11 is 6.09. The van der Waals surface area contributed by atoms with Gasteiger partial charge in [-0.05, 0) is 29.8 Å². The molecule has 2 aromatic carbocycles. The molecule has 0 atom stereocenters. The van der Waals surface area contributed by atoms with Gasteiger partial charge in [0.2, 0.25) is 0 Å². The fraction of sp³-hybridized carbons (Fsp3) is 0.133. The monoisotopic (exact) mass is 274 g/mol. The Labute approximate surface area is 116 Å². The van der Waals surface area contributed by atoms with Crippen LogP contribution in [0.25, 0.3) is 0 Å². The molecule has 0 aliphatic carbocycles. The van der Waals surface area contributed by atoms with Crippen molar-refractivity contribution in [3.05, 3.63) is 64.4 Å². The fourth-order valence-corrected chi connectivity index (χ4v) is 2.00. The Balaban J connectivity index is 2.21. The molecule has 2 nitrogen and oxygen atoms in total. The van der Waals surface area contributed by atoms with E-state index in [9.17, 15) is 4.39 Å². The third-order valence-electron chi connectivity index (χ3n) is 2.88. The predicted molar refractivity (Wildman–Crippen MR) is 74.7 cm³/mol. The zero-order valence-electron chi connectivity index (χ0n) is 10.4. The van der Waals surface area contributed by atoms with Crippen LogP contribution in [0.4, 0.5) is 10.1 Å². The van der Waals surface area contributed by atoms with Crippen molar-refractivity contribution in [1.82, 2.24) is 0 Å². The van der Waals surface area contributed by atoms with Gasteiger partial charge < -0.3 is 4.90 Å². The summed E-state index contributed by atoms with van der Waals surface area (Å²) in [6, 6.07) is 13.9. The summed E-state index contributed by atoms with van der Waals surface area (Å²) in [5.41, 5.74) is 1.72. The van der Waals surface area contributed by atoms with Gasteiger partial charge in [-0.3, -0.25) is 0 Å². The maximum absolute atomic E-state index is 13.6. The Morgan fingerprint density at radius 3 is 2.63 bits per heavy atom. The minimum absolute atomic E-state index is 0.0508. The molecule has 0 saturated heterocycles. The second-order valence-corrected chi connectivity index (χ2v) is 4.63. The van der Waals surface area contributed by atoms with E-state index in [1.54, 1.807) is 12.1 Å². The van der Waals surface area contributed by atoms with Gasteiger partial charge in [-0.2, -0.15) is 5.26 Å². The molecule has 0 spiro atoms. The first-order chi connectivity index (χ1) is 9.11. The van der Waals surface area contributed by atoms with Gasteiger partial charge in [-0.25, -0.2) is 4.39 Å². The van der Waals surface area contributed by atoms with Crippen LogP contribution in [-0.2, 0) is 6.54 Å². The molecule has 4 heteroatoms. The minimum atomic E-state index is -0.508. The average Bonchev–Trinajstić information content (AvgIpc) is 2.41. The molecule has 0 aliphatic heterocycles. The molecule has 0 aliphatic rings. The van der Waals surface area contributed by atoms with E-state index < -0.39 is 5.82 Å². The van der Waals surface area contributed by atoms with Crippen molar-refractivity contribution in [2.75, 3.05) is 11.9 Å². The number of benzene rings is 2. The molecule has 0 amide bonds. The first-order valence-electron chi connectivity index (χ1n) is 5.76. The molecule has 2 aromatic rings. The summed E-state index contributed by atoms with van der Waals surface area (Å²) in [7, 11) is 1.85. The maximum atomic E-state index is 13.6. The van der Waals surface area contributed by atoms with Crippen molar-refractivity contribution in [2.24, 2.45) is 0 Å². The zero-order valence-corrected chi connectivity index (χ0v) is 11.2. The molecular formula is C15H12ClFN2. The van der Waals surface area contributed by atoms with E-state index in [1.807, 2.05) is 36.2 Å². The first-order valence-corrected chi connectivity index (χ1v) is 6.14. The molecule has 19 heavy (non-hydrogen) atoms. The summed E-state index contributed by atoms with van der Waals surface area (Å²) in [6.45, 7) is 0.574. The van der Waals surface area contributed by atoms with Crippen LogP contribution >= 0.6 is 11.6 Å². The van der Waals surface area contributed by atoms with E-state index in [0.717, 1.165) is 5.56 Å². The van der Waals surface area contributed by atoms with Crippen molar-refractivity contribution >= 4 is 17.3 Å². The highest BCUT2D eigenvalue weighted by Crippen LogP contribution is 2.22. The fourth-order valence-electron chi connectivity index (χ4n) is 1.81. The summed E-state index contributed by atoms with van der Waals surface area (Å²) in [6.07, 6.45) is 0. The van der Waals surface area contributed by atoms with E-state index in [4.69, 9.17) is 16.9 Å². The van der Waals surface area contributed by atoms with Crippen LogP contribution in [0.3, 0.4) is 0 Å². The van der Waals surface area contributed by atoms with Crippen LogP contribution in [0, 0.1) is 17.1 Å². The van der Waals surface area contributed by atoms with Gasteiger partial charge in [-0.1, -0.05) is 29.8 Å². The van der Waals surface area contributed by atoms with Gasteiger partial charge in [-0.15, -0.1) is 0 Å². The number of hydrogen-bond acceptors (Lipinski definition) is 2. The van der Waals surface area contributed by atoms with Gasteiger partial charge in [0.25, 0.3) is 0 Å². The van der Waals surface area contributed by atoms with Crippen LogP contribution in [-0.4, -0.2) is 7.05 Å². The van der Waals surface area contributed by atoms with Crippen LogP contribution in [0.1, 0.15) is 11.1 Å². The highest BCUT2D eigenvalue weighted by molar-refractivity contribution is 6.31. The van der Waals surface area contributed by atoms with Crippen LogP contribution in [0.15, 0.2) is 42.5 Å². The quantitative estimate of drug-likeness (QED) is 0.846. The molecule has 2 rings (SSSR count). The lowest BCUT2D eigenvalue weighted by atomic mass is 10.1. The van der Waals surface area contributed by atoms with Gasteiger partial charge in [0.1, 0.15) is 11.9 Å². The molecule has 0 fully saturated rings. The van der Waals surface area contributed by atoms with E-state index in [0.29, 0.717) is 17.3 Å². The van der Waals surface area contributed by atoms with Crippen LogP contribution in [0.2, 0.25) is 5.02 Å². The normalized spacial score (nSPS) is 10.0. The lowest BCUT2D eigenvalue weighted by Gasteiger charge is -2.20. The van der Waals surface area contributed by atoms with Crippen molar-refractivity contribution in [2.45, 2.75) is 6.54 Å². The number of rotatable bonds is 3. The number of halogens is 2. The molecule has 0 N–H and O–H groups in total. The summed E-state index contributed by atoms with van der Waals surface area (Å²) in [5.74, 6) is -0.508. The molecule has 96 valence electrons. The number of nitrogens with zero attached hydrogens (tertiary/aromatic N) is 2. The van der Waals surface area contributed by atoms with E-state index >= 15 is 0 Å². The van der Waals surface area contributed by atoms with Crippen molar-refractivity contribution in [1.29, 1.82) is 5.26 Å². The Morgan fingerprint density at radius 1 is 1.26 bits per heavy atom. The van der Waals surface area contributed by atoms with Gasteiger partial charge >= 0.3 is 0 Å². The third kappa shape index (κ3) is 3.04. The Hall–Kier alpha value is -2.05. The Kier molecular flexibility index (Phi) is 4.03. The summed E-state index contributed by atoms with van der Waals surface area (Å²) in [4.78, 5) is 1.88.